The maximum absolute atomic E-state index is 12.3. The Morgan fingerprint density at radius 2 is 1.94 bits per heavy atom. The zero-order valence-corrected chi connectivity index (χ0v) is 18.2. The number of aliphatic hydroxyl groups is 2. The molecule has 0 unspecified atom stereocenters. The first-order valence-corrected chi connectivity index (χ1v) is 10.7. The molecule has 176 valence electrons. The van der Waals surface area contributed by atoms with Gasteiger partial charge in [0.1, 0.15) is 36.3 Å². The minimum Gasteiger partial charge on any atom is -0.487 e. The van der Waals surface area contributed by atoms with Gasteiger partial charge in [-0.05, 0) is 18.4 Å². The van der Waals surface area contributed by atoms with Gasteiger partial charge in [0.05, 0.1) is 12.8 Å². The summed E-state index contributed by atoms with van der Waals surface area (Å²) in [6, 6.07) is 12.8. The average Bonchev–Trinajstić information content (AvgIpc) is 3.43. The molecule has 2 aromatic carbocycles. The normalized spacial score (nSPS) is 22.3. The van der Waals surface area contributed by atoms with Crippen molar-refractivity contribution in [3.05, 3.63) is 87.0 Å². The number of H-pyrrole nitrogens is 1. The summed E-state index contributed by atoms with van der Waals surface area (Å²) in [6.07, 6.45) is -0.295. The van der Waals surface area contributed by atoms with Crippen LogP contribution in [-0.4, -0.2) is 53.6 Å². The minimum absolute atomic E-state index is 0.142. The molecule has 3 N–H and O–H groups in total. The molecule has 0 spiro atoms. The highest BCUT2D eigenvalue weighted by molar-refractivity contribution is 5.88. The first-order valence-electron chi connectivity index (χ1n) is 10.7. The first kappa shape index (κ1) is 22.0. The number of rotatable bonds is 6. The highest BCUT2D eigenvalue weighted by Gasteiger charge is 2.46. The average molecular weight is 465 g/mol. The van der Waals surface area contributed by atoms with Crippen molar-refractivity contribution in [2.75, 3.05) is 6.61 Å². The van der Waals surface area contributed by atoms with E-state index in [4.69, 9.17) is 9.47 Å². The maximum atomic E-state index is 12.3. The van der Waals surface area contributed by atoms with E-state index < -0.39 is 42.3 Å². The Morgan fingerprint density at radius 1 is 1.15 bits per heavy atom. The molecule has 11 nitrogen and oxygen atoms in total. The highest BCUT2D eigenvalue weighted by atomic mass is 16.5. The van der Waals surface area contributed by atoms with E-state index in [1.807, 2.05) is 42.5 Å². The summed E-state index contributed by atoms with van der Waals surface area (Å²) in [5.74, 6) is 0.706. The Hall–Kier alpha value is -3.80. The molecule has 0 bridgehead atoms. The van der Waals surface area contributed by atoms with Gasteiger partial charge in [-0.25, -0.2) is 9.48 Å². The van der Waals surface area contributed by atoms with Gasteiger partial charge in [-0.1, -0.05) is 41.6 Å². The van der Waals surface area contributed by atoms with Gasteiger partial charge in [0.25, 0.3) is 5.56 Å². The van der Waals surface area contributed by atoms with Crippen molar-refractivity contribution in [1.29, 1.82) is 0 Å². The van der Waals surface area contributed by atoms with Gasteiger partial charge in [-0.3, -0.25) is 14.3 Å². The van der Waals surface area contributed by atoms with Crippen molar-refractivity contribution in [2.45, 2.75) is 38.0 Å². The predicted octanol–water partition coefficient (Wildman–Crippen LogP) is 0.661. The van der Waals surface area contributed by atoms with Crippen molar-refractivity contribution in [3.8, 4) is 5.75 Å². The lowest BCUT2D eigenvalue weighted by Gasteiger charge is -2.19. The summed E-state index contributed by atoms with van der Waals surface area (Å²) in [6.45, 7) is 1.26. The van der Waals surface area contributed by atoms with Crippen LogP contribution in [0.1, 0.15) is 23.5 Å². The van der Waals surface area contributed by atoms with Gasteiger partial charge < -0.3 is 19.7 Å². The summed E-state index contributed by atoms with van der Waals surface area (Å²) < 4.78 is 14.2. The molecule has 4 aromatic rings. The fraction of sp³-hybridized carbons (Fsp3) is 0.304. The van der Waals surface area contributed by atoms with E-state index in [1.165, 1.54) is 17.8 Å². The SMILES string of the molecule is Cc1cn([C@@H]2O[C@H](CO)[C@@H](n3cc(COc4cccc5ccccc45)nn3)[C@H]2O)c(=O)[nH]c1=O. The quantitative estimate of drug-likeness (QED) is 0.377. The van der Waals surface area contributed by atoms with Gasteiger partial charge in [0.15, 0.2) is 6.23 Å². The van der Waals surface area contributed by atoms with Crippen LogP contribution in [0.15, 0.2) is 64.4 Å². The van der Waals surface area contributed by atoms with E-state index in [-0.39, 0.29) is 12.2 Å². The largest absolute Gasteiger partial charge is 0.487 e. The molecule has 1 saturated heterocycles. The molecule has 2 aromatic heterocycles. The summed E-state index contributed by atoms with van der Waals surface area (Å²) in [7, 11) is 0. The van der Waals surface area contributed by atoms with Crippen molar-refractivity contribution >= 4 is 10.8 Å². The smallest absolute Gasteiger partial charge is 0.330 e. The summed E-state index contributed by atoms with van der Waals surface area (Å²) in [4.78, 5) is 26.2. The molecule has 3 heterocycles. The van der Waals surface area contributed by atoms with Crippen molar-refractivity contribution in [1.82, 2.24) is 24.5 Å². The van der Waals surface area contributed by atoms with Crippen LogP contribution in [0.25, 0.3) is 10.8 Å². The van der Waals surface area contributed by atoms with Crippen LogP contribution in [0.5, 0.6) is 5.75 Å². The topological polar surface area (TPSA) is 144 Å². The van der Waals surface area contributed by atoms with Crippen LogP contribution < -0.4 is 16.0 Å². The highest BCUT2D eigenvalue weighted by Crippen LogP contribution is 2.36. The van der Waals surface area contributed by atoms with Gasteiger partial charge >= 0.3 is 5.69 Å². The van der Waals surface area contributed by atoms with Crippen LogP contribution in [0.3, 0.4) is 0 Å². The number of benzene rings is 2. The molecular formula is C23H23N5O6. The zero-order chi connectivity index (χ0) is 23.8. The summed E-state index contributed by atoms with van der Waals surface area (Å²) in [5, 5.41) is 31.1. The third-order valence-electron chi connectivity index (χ3n) is 5.93. The van der Waals surface area contributed by atoms with Crippen LogP contribution in [0.4, 0.5) is 0 Å². The molecule has 0 aliphatic carbocycles. The lowest BCUT2D eigenvalue weighted by atomic mass is 10.1. The number of hydrogen-bond acceptors (Lipinski definition) is 8. The van der Waals surface area contributed by atoms with E-state index in [0.29, 0.717) is 11.4 Å². The Bertz CT molecular complexity index is 1440. The first-order chi connectivity index (χ1) is 16.5. The minimum atomic E-state index is -1.24. The van der Waals surface area contributed by atoms with Crippen molar-refractivity contribution in [3.63, 3.8) is 0 Å². The second-order valence-corrected chi connectivity index (χ2v) is 8.16. The summed E-state index contributed by atoms with van der Waals surface area (Å²) >= 11 is 0. The molecule has 0 radical (unpaired) electrons. The standard InChI is InChI=1S/C23H23N5O6/c1-13-9-27(23(32)24-21(13)31)22-20(30)19(18(11-29)34-22)28-10-15(25-26-28)12-33-17-8-4-6-14-5-2-3-7-16(14)17/h2-10,18-20,22,29-30H,11-12H2,1H3,(H,24,31,32)/t18-,19-,20-,22-/m1/s1. The molecule has 1 aliphatic rings. The second-order valence-electron chi connectivity index (χ2n) is 8.16. The molecule has 34 heavy (non-hydrogen) atoms. The van der Waals surface area contributed by atoms with E-state index in [1.54, 1.807) is 6.20 Å². The number of nitrogens with zero attached hydrogens (tertiary/aromatic N) is 4. The summed E-state index contributed by atoms with van der Waals surface area (Å²) in [5.41, 5.74) is -0.443. The van der Waals surface area contributed by atoms with Gasteiger partial charge in [0, 0.05) is 17.1 Å². The third kappa shape index (κ3) is 3.89. The fourth-order valence-electron chi connectivity index (χ4n) is 4.21. The number of aromatic amines is 1. The van der Waals surface area contributed by atoms with Gasteiger partial charge in [-0.15, -0.1) is 5.10 Å². The lowest BCUT2D eigenvalue weighted by molar-refractivity contribution is -0.0536. The number of aromatic nitrogens is 5. The van der Waals surface area contributed by atoms with Crippen LogP contribution in [0, 0.1) is 6.92 Å². The maximum Gasteiger partial charge on any atom is 0.330 e. The molecule has 0 saturated carbocycles. The molecular weight excluding hydrogens is 442 g/mol. The molecule has 0 amide bonds. The monoisotopic (exact) mass is 465 g/mol. The Balaban J connectivity index is 1.37. The number of aryl methyl sites for hydroxylation is 1. The van der Waals surface area contributed by atoms with Gasteiger partial charge in [0.2, 0.25) is 0 Å². The van der Waals surface area contributed by atoms with Gasteiger partial charge in [-0.2, -0.15) is 0 Å². The molecule has 1 aliphatic heterocycles. The molecule has 5 rings (SSSR count). The van der Waals surface area contributed by atoms with Crippen LogP contribution in [-0.2, 0) is 11.3 Å². The Labute approximate surface area is 192 Å². The molecule has 1 fully saturated rings. The Morgan fingerprint density at radius 3 is 2.76 bits per heavy atom. The zero-order valence-electron chi connectivity index (χ0n) is 18.2. The number of nitrogens with one attached hydrogen (secondary N) is 1. The third-order valence-corrected chi connectivity index (χ3v) is 5.93. The second kappa shape index (κ2) is 8.86. The molecule has 11 heteroatoms. The predicted molar refractivity (Wildman–Crippen MR) is 120 cm³/mol. The fourth-order valence-corrected chi connectivity index (χ4v) is 4.21. The number of aliphatic hydroxyl groups excluding tert-OH is 2. The van der Waals surface area contributed by atoms with Crippen LogP contribution >= 0.6 is 0 Å². The van der Waals surface area contributed by atoms with E-state index in [0.717, 1.165) is 15.3 Å². The Kier molecular flexibility index (Phi) is 5.74. The van der Waals surface area contributed by atoms with Crippen molar-refractivity contribution in [2.24, 2.45) is 0 Å². The van der Waals surface area contributed by atoms with Crippen LogP contribution in [0.2, 0.25) is 0 Å². The van der Waals surface area contributed by atoms with E-state index >= 15 is 0 Å². The van der Waals surface area contributed by atoms with E-state index in [9.17, 15) is 19.8 Å². The van der Waals surface area contributed by atoms with Crippen molar-refractivity contribution < 1.29 is 19.7 Å². The number of fused-ring (bicyclic) bond motifs is 1. The number of hydrogen-bond donors (Lipinski definition) is 3. The van der Waals surface area contributed by atoms with E-state index in [2.05, 4.69) is 15.3 Å². The number of ether oxygens (including phenoxy) is 2. The molecule has 4 atom stereocenters. The lowest BCUT2D eigenvalue weighted by Crippen LogP contribution is -2.37.